The summed E-state index contributed by atoms with van der Waals surface area (Å²) >= 11 is 0. The fourth-order valence-corrected chi connectivity index (χ4v) is 7.45. The number of carboxylic acid groups (broad SMARTS) is 2. The third-order valence-electron chi connectivity index (χ3n) is 10.7. The van der Waals surface area contributed by atoms with Crippen LogP contribution >= 0.6 is 0 Å². The molecule has 52 heavy (non-hydrogen) atoms. The van der Waals surface area contributed by atoms with Crippen molar-refractivity contribution in [2.24, 2.45) is 23.7 Å². The molecule has 2 aliphatic carbocycles. The Kier molecular flexibility index (Phi) is 23.4. The number of hydrogen-bond acceptors (Lipinski definition) is 8. The van der Waals surface area contributed by atoms with Gasteiger partial charge < -0.3 is 30.6 Å². The van der Waals surface area contributed by atoms with Crippen LogP contribution in [0.2, 0.25) is 0 Å². The number of carbonyl (C=O) groups is 4. The Morgan fingerprint density at radius 2 is 0.962 bits per heavy atom. The van der Waals surface area contributed by atoms with E-state index in [0.29, 0.717) is 25.7 Å². The van der Waals surface area contributed by atoms with E-state index in [1.165, 1.54) is 0 Å². The molecule has 6 N–H and O–H groups in total. The molecule has 0 spiro atoms. The van der Waals surface area contributed by atoms with Crippen molar-refractivity contribution in [3.63, 3.8) is 0 Å². The molecule has 2 saturated carbocycles. The number of aliphatic carboxylic acids is 2. The smallest absolute Gasteiger partial charge is 0.303 e. The number of rotatable bonds is 26. The van der Waals surface area contributed by atoms with Crippen molar-refractivity contribution < 1.29 is 49.8 Å². The van der Waals surface area contributed by atoms with Crippen molar-refractivity contribution in [1.29, 1.82) is 0 Å². The lowest BCUT2D eigenvalue weighted by molar-refractivity contribution is -0.138. The van der Waals surface area contributed by atoms with Crippen molar-refractivity contribution in [2.45, 2.75) is 192 Å². The fraction of sp³-hybridized carbons (Fsp3) is 0.810. The van der Waals surface area contributed by atoms with Crippen molar-refractivity contribution in [3.8, 4) is 0 Å². The van der Waals surface area contributed by atoms with Gasteiger partial charge in [0, 0.05) is 49.4 Å². The lowest BCUT2D eigenvalue weighted by atomic mass is 9.87. The van der Waals surface area contributed by atoms with Crippen LogP contribution < -0.4 is 0 Å². The molecule has 0 aromatic heterocycles. The van der Waals surface area contributed by atoms with Crippen LogP contribution in [-0.2, 0) is 19.2 Å². The van der Waals surface area contributed by atoms with Gasteiger partial charge in [0.25, 0.3) is 0 Å². The first-order valence-corrected chi connectivity index (χ1v) is 20.2. The first-order valence-electron chi connectivity index (χ1n) is 20.2. The summed E-state index contributed by atoms with van der Waals surface area (Å²) in [6.45, 7) is 7.85. The highest BCUT2D eigenvalue weighted by Gasteiger charge is 2.40. The van der Waals surface area contributed by atoms with Crippen LogP contribution in [0.5, 0.6) is 0 Å². The van der Waals surface area contributed by atoms with Crippen LogP contribution in [-0.4, -0.2) is 77.6 Å². The van der Waals surface area contributed by atoms with Crippen LogP contribution in [0.1, 0.15) is 169 Å². The molecule has 0 radical (unpaired) electrons. The molecule has 0 aliphatic heterocycles. The first-order chi connectivity index (χ1) is 24.5. The van der Waals surface area contributed by atoms with Gasteiger partial charge in [-0.25, -0.2) is 0 Å². The summed E-state index contributed by atoms with van der Waals surface area (Å²) in [5, 5.41) is 58.4. The van der Waals surface area contributed by atoms with Crippen molar-refractivity contribution >= 4 is 23.5 Å². The number of hydrogen-bond donors (Lipinski definition) is 6. The molecule has 300 valence electrons. The number of aliphatic hydroxyl groups excluding tert-OH is 2. The number of Topliss-reactive ketones (excluding diaryl/α,β-unsaturated/α-hetero) is 2. The number of carboxylic acids is 2. The number of ketones is 2. The second kappa shape index (κ2) is 25.6. The van der Waals surface area contributed by atoms with Gasteiger partial charge >= 0.3 is 11.9 Å². The average Bonchev–Trinajstić information content (AvgIpc) is 3.49. The van der Waals surface area contributed by atoms with Gasteiger partial charge in [-0.2, -0.15) is 0 Å². The van der Waals surface area contributed by atoms with Gasteiger partial charge in [-0.3, -0.25) is 19.2 Å². The minimum absolute atomic E-state index is 0.121. The Morgan fingerprint density at radius 3 is 1.29 bits per heavy atom. The molecule has 0 bridgehead atoms. The highest BCUT2D eigenvalue weighted by atomic mass is 16.4. The van der Waals surface area contributed by atoms with E-state index in [1.54, 1.807) is 0 Å². The van der Waals surface area contributed by atoms with Crippen LogP contribution in [0, 0.1) is 23.7 Å². The third kappa shape index (κ3) is 20.2. The molecule has 0 saturated heterocycles. The van der Waals surface area contributed by atoms with Crippen LogP contribution in [0.15, 0.2) is 24.3 Å². The number of carbonyl (C=O) groups excluding carboxylic acids is 2. The first kappa shape index (κ1) is 47.6. The van der Waals surface area contributed by atoms with E-state index in [2.05, 4.69) is 13.8 Å². The monoisotopic (exact) mass is 737 g/mol. The lowest BCUT2D eigenvalue weighted by Gasteiger charge is -2.22. The summed E-state index contributed by atoms with van der Waals surface area (Å²) in [5.74, 6) is -1.92. The summed E-state index contributed by atoms with van der Waals surface area (Å²) in [6.07, 6.45) is 22.0. The van der Waals surface area contributed by atoms with Crippen molar-refractivity contribution in [1.82, 2.24) is 0 Å². The largest absolute Gasteiger partial charge is 0.481 e. The second-order valence-electron chi connectivity index (χ2n) is 16.0. The van der Waals surface area contributed by atoms with Gasteiger partial charge in [-0.05, 0) is 65.2 Å². The zero-order valence-corrected chi connectivity index (χ0v) is 32.6. The zero-order valence-electron chi connectivity index (χ0n) is 32.6. The standard InChI is InChI=1S/2C21H36O5/c2*1-3-4-13-21(2,26)14-9-11-17-16(18(22)15-19(17)23)10-7-5-6-8-12-20(24)25/h2*9,11,16-17,19,23,26H,3-8,10,12-15H2,1-2H3,(H,24,25)/b2*11-9+/t2*16?,17-,19?,21?/m11/s1. The van der Waals surface area contributed by atoms with Gasteiger partial charge in [0.1, 0.15) is 11.6 Å². The molecule has 0 aromatic carbocycles. The zero-order chi connectivity index (χ0) is 39.2. The maximum absolute atomic E-state index is 12.2. The van der Waals surface area contributed by atoms with Gasteiger partial charge in [0.2, 0.25) is 0 Å². The average molecular weight is 737 g/mol. The van der Waals surface area contributed by atoms with Gasteiger partial charge in [0.15, 0.2) is 0 Å². The SMILES string of the molecule is CCCCC(C)(O)C/C=C/[C@H]1C(O)CC(=O)C1CCCCCCC(=O)O.CCCCC(C)(O)C/C=C/[C@H]1C(O)CC(=O)C1CCCCCCC(=O)O. The third-order valence-corrected chi connectivity index (χ3v) is 10.7. The quantitative estimate of drug-likeness (QED) is 0.0379. The summed E-state index contributed by atoms with van der Waals surface area (Å²) in [6, 6.07) is 0. The van der Waals surface area contributed by atoms with Crippen LogP contribution in [0.25, 0.3) is 0 Å². The van der Waals surface area contributed by atoms with Crippen molar-refractivity contribution in [3.05, 3.63) is 24.3 Å². The molecule has 8 atom stereocenters. The summed E-state index contributed by atoms with van der Waals surface area (Å²) in [7, 11) is 0. The minimum atomic E-state index is -0.765. The lowest BCUT2D eigenvalue weighted by Crippen LogP contribution is -2.23. The topological polar surface area (TPSA) is 190 Å². The van der Waals surface area contributed by atoms with E-state index in [9.17, 15) is 39.6 Å². The van der Waals surface area contributed by atoms with Gasteiger partial charge in [-0.15, -0.1) is 0 Å². The molecule has 0 aromatic rings. The highest BCUT2D eigenvalue weighted by molar-refractivity contribution is 5.85. The highest BCUT2D eigenvalue weighted by Crippen LogP contribution is 2.36. The molecule has 2 rings (SSSR count). The fourth-order valence-electron chi connectivity index (χ4n) is 7.45. The summed E-state index contributed by atoms with van der Waals surface area (Å²) in [4.78, 5) is 45.4. The predicted octanol–water partition coefficient (Wildman–Crippen LogP) is 7.73. The van der Waals surface area contributed by atoms with E-state index < -0.39 is 35.3 Å². The molecule has 2 aliphatic rings. The Labute approximate surface area is 313 Å². The molecular weight excluding hydrogens is 664 g/mol. The number of unbranched alkanes of at least 4 members (excludes halogenated alkanes) is 8. The van der Waals surface area contributed by atoms with Crippen LogP contribution in [0.3, 0.4) is 0 Å². The number of aliphatic hydroxyl groups is 4. The Bertz CT molecular complexity index is 1020. The maximum Gasteiger partial charge on any atom is 0.303 e. The molecule has 2 fully saturated rings. The summed E-state index contributed by atoms with van der Waals surface area (Å²) < 4.78 is 0. The molecule has 6 unspecified atom stereocenters. The van der Waals surface area contributed by atoms with E-state index >= 15 is 0 Å². The van der Waals surface area contributed by atoms with Crippen LogP contribution in [0.4, 0.5) is 0 Å². The molecule has 10 nitrogen and oxygen atoms in total. The van der Waals surface area contributed by atoms with E-state index in [0.717, 1.165) is 89.9 Å². The maximum atomic E-state index is 12.2. The Morgan fingerprint density at radius 1 is 0.615 bits per heavy atom. The summed E-state index contributed by atoms with van der Waals surface area (Å²) in [5.41, 5.74) is -1.47. The van der Waals surface area contributed by atoms with E-state index in [1.807, 2.05) is 38.2 Å². The van der Waals surface area contributed by atoms with Crippen molar-refractivity contribution in [2.75, 3.05) is 0 Å². The molecule has 0 amide bonds. The molecule has 0 heterocycles. The molecular formula is C42H72O10. The van der Waals surface area contributed by atoms with E-state index in [4.69, 9.17) is 10.2 Å². The van der Waals surface area contributed by atoms with E-state index in [-0.39, 0.29) is 60.9 Å². The minimum Gasteiger partial charge on any atom is -0.481 e. The Hall–Kier alpha value is -2.40. The normalized spacial score (nSPS) is 25.7. The Balaban J connectivity index is 0.000000520. The molecule has 10 heteroatoms. The predicted molar refractivity (Wildman–Crippen MR) is 204 cm³/mol. The van der Waals surface area contributed by atoms with Gasteiger partial charge in [-0.1, -0.05) is 102 Å². The second-order valence-corrected chi connectivity index (χ2v) is 16.0. The van der Waals surface area contributed by atoms with Gasteiger partial charge in [0.05, 0.1) is 23.4 Å².